The zero-order chi connectivity index (χ0) is 17.3. The first-order valence-corrected chi connectivity index (χ1v) is 8.61. The SMILES string of the molecule is NC(=O)C1CCN(C(=O)Cn2ccc(=O)c3ccc(Br)cc32)CC1. The number of likely N-dealkylation sites (tertiary alicyclic amines) is 1. The van der Waals surface area contributed by atoms with Crippen LogP contribution in [0.5, 0.6) is 0 Å². The Hall–Kier alpha value is -2.15. The van der Waals surface area contributed by atoms with Gasteiger partial charge in [0.2, 0.25) is 11.8 Å². The molecule has 1 saturated heterocycles. The summed E-state index contributed by atoms with van der Waals surface area (Å²) in [7, 11) is 0. The minimum Gasteiger partial charge on any atom is -0.369 e. The molecule has 0 spiro atoms. The number of aromatic nitrogens is 1. The van der Waals surface area contributed by atoms with Gasteiger partial charge in [0.25, 0.3) is 0 Å². The summed E-state index contributed by atoms with van der Waals surface area (Å²) < 4.78 is 2.63. The molecule has 1 aliphatic rings. The highest BCUT2D eigenvalue weighted by molar-refractivity contribution is 9.10. The number of hydrogen-bond donors (Lipinski definition) is 1. The van der Waals surface area contributed by atoms with E-state index in [9.17, 15) is 14.4 Å². The first-order chi connectivity index (χ1) is 11.5. The van der Waals surface area contributed by atoms with Crippen molar-refractivity contribution in [3.63, 3.8) is 0 Å². The number of fused-ring (bicyclic) bond motifs is 1. The number of carbonyl (C=O) groups excluding carboxylic acids is 2. The van der Waals surface area contributed by atoms with E-state index in [0.29, 0.717) is 31.3 Å². The molecule has 1 aromatic heterocycles. The number of nitrogens with zero attached hydrogens (tertiary/aromatic N) is 2. The second kappa shape index (κ2) is 6.76. The number of rotatable bonds is 3. The quantitative estimate of drug-likeness (QED) is 0.859. The molecule has 0 saturated carbocycles. The Balaban J connectivity index is 1.79. The minimum atomic E-state index is -0.293. The van der Waals surface area contributed by atoms with E-state index in [0.717, 1.165) is 9.99 Å². The maximum absolute atomic E-state index is 12.6. The first kappa shape index (κ1) is 16.7. The number of amides is 2. The highest BCUT2D eigenvalue weighted by Gasteiger charge is 2.25. The van der Waals surface area contributed by atoms with Crippen molar-refractivity contribution in [2.45, 2.75) is 19.4 Å². The van der Waals surface area contributed by atoms with Gasteiger partial charge in [-0.3, -0.25) is 14.4 Å². The molecule has 6 nitrogen and oxygen atoms in total. The van der Waals surface area contributed by atoms with Crippen LogP contribution in [-0.4, -0.2) is 34.4 Å². The van der Waals surface area contributed by atoms with Crippen LogP contribution in [0.15, 0.2) is 39.7 Å². The van der Waals surface area contributed by atoms with Crippen LogP contribution < -0.4 is 11.2 Å². The number of carbonyl (C=O) groups is 2. The van der Waals surface area contributed by atoms with E-state index in [2.05, 4.69) is 15.9 Å². The predicted molar refractivity (Wildman–Crippen MR) is 94.4 cm³/mol. The van der Waals surface area contributed by atoms with Gasteiger partial charge in [-0.25, -0.2) is 0 Å². The Kier molecular flexibility index (Phi) is 4.71. The number of pyridine rings is 1. The zero-order valence-electron chi connectivity index (χ0n) is 13.1. The zero-order valence-corrected chi connectivity index (χ0v) is 14.7. The Labute approximate surface area is 147 Å². The van der Waals surface area contributed by atoms with Crippen LogP contribution in [0.25, 0.3) is 10.9 Å². The van der Waals surface area contributed by atoms with E-state index >= 15 is 0 Å². The minimum absolute atomic E-state index is 0.0251. The smallest absolute Gasteiger partial charge is 0.242 e. The molecule has 126 valence electrons. The fraction of sp³-hybridized carbons (Fsp3) is 0.353. The van der Waals surface area contributed by atoms with Crippen LogP contribution >= 0.6 is 15.9 Å². The van der Waals surface area contributed by atoms with E-state index in [4.69, 9.17) is 5.73 Å². The summed E-state index contributed by atoms with van der Waals surface area (Å²) >= 11 is 3.40. The number of piperidine rings is 1. The lowest BCUT2D eigenvalue weighted by atomic mass is 9.96. The van der Waals surface area contributed by atoms with E-state index < -0.39 is 0 Å². The van der Waals surface area contributed by atoms with Crippen molar-refractivity contribution < 1.29 is 9.59 Å². The van der Waals surface area contributed by atoms with Crippen molar-refractivity contribution in [3.05, 3.63) is 45.2 Å². The molecule has 2 amide bonds. The molecule has 1 aliphatic heterocycles. The van der Waals surface area contributed by atoms with Gasteiger partial charge in [-0.05, 0) is 31.0 Å². The topological polar surface area (TPSA) is 85.4 Å². The van der Waals surface area contributed by atoms with Gasteiger partial charge in [-0.15, -0.1) is 0 Å². The van der Waals surface area contributed by atoms with Crippen LogP contribution in [0.4, 0.5) is 0 Å². The monoisotopic (exact) mass is 391 g/mol. The normalized spacial score (nSPS) is 15.6. The van der Waals surface area contributed by atoms with Crippen molar-refractivity contribution in [1.82, 2.24) is 9.47 Å². The van der Waals surface area contributed by atoms with Gasteiger partial charge in [-0.2, -0.15) is 0 Å². The van der Waals surface area contributed by atoms with Crippen molar-refractivity contribution in [3.8, 4) is 0 Å². The van der Waals surface area contributed by atoms with Crippen LogP contribution in [0, 0.1) is 5.92 Å². The largest absolute Gasteiger partial charge is 0.369 e. The molecule has 0 bridgehead atoms. The third-order valence-electron chi connectivity index (χ3n) is 4.50. The van der Waals surface area contributed by atoms with Gasteiger partial charge in [0, 0.05) is 41.1 Å². The molecule has 3 rings (SSSR count). The summed E-state index contributed by atoms with van der Waals surface area (Å²) in [4.78, 5) is 37.5. The molecule has 24 heavy (non-hydrogen) atoms. The molecular formula is C17H18BrN3O3. The van der Waals surface area contributed by atoms with Gasteiger partial charge >= 0.3 is 0 Å². The Morgan fingerprint density at radius 2 is 1.92 bits per heavy atom. The molecular weight excluding hydrogens is 374 g/mol. The van der Waals surface area contributed by atoms with Crippen molar-refractivity contribution in [2.75, 3.05) is 13.1 Å². The standard InChI is InChI=1S/C17H18BrN3O3/c18-12-1-2-13-14(9-12)21(8-5-15(13)22)10-16(23)20-6-3-11(4-7-20)17(19)24/h1-2,5,8-9,11H,3-4,6-7,10H2,(H2,19,24). The molecule has 7 heteroatoms. The second-order valence-electron chi connectivity index (χ2n) is 6.03. The maximum Gasteiger partial charge on any atom is 0.242 e. The molecule has 2 N–H and O–H groups in total. The molecule has 0 atom stereocenters. The molecule has 2 heterocycles. The highest BCUT2D eigenvalue weighted by Crippen LogP contribution is 2.19. The Morgan fingerprint density at radius 1 is 1.21 bits per heavy atom. The van der Waals surface area contributed by atoms with Crippen LogP contribution in [0.3, 0.4) is 0 Å². The summed E-state index contributed by atoms with van der Waals surface area (Å²) in [5.74, 6) is -0.459. The van der Waals surface area contributed by atoms with Gasteiger partial charge in [0.05, 0.1) is 5.52 Å². The average molecular weight is 392 g/mol. The number of benzene rings is 1. The first-order valence-electron chi connectivity index (χ1n) is 7.81. The summed E-state index contributed by atoms with van der Waals surface area (Å²) in [6, 6.07) is 6.87. The van der Waals surface area contributed by atoms with Crippen molar-refractivity contribution in [1.29, 1.82) is 0 Å². The fourth-order valence-corrected chi connectivity index (χ4v) is 3.42. The predicted octanol–water partition coefficient (Wildman–Crippen LogP) is 1.49. The Bertz CT molecular complexity index is 854. The lowest BCUT2D eigenvalue weighted by Crippen LogP contribution is -2.43. The molecule has 0 unspecified atom stereocenters. The fourth-order valence-electron chi connectivity index (χ4n) is 3.08. The number of halogens is 1. The summed E-state index contributed by atoms with van der Waals surface area (Å²) in [5.41, 5.74) is 5.98. The van der Waals surface area contributed by atoms with E-state index in [1.807, 2.05) is 12.1 Å². The molecule has 0 aliphatic carbocycles. The van der Waals surface area contributed by atoms with Gasteiger partial charge in [-0.1, -0.05) is 15.9 Å². The molecule has 1 aromatic carbocycles. The van der Waals surface area contributed by atoms with Crippen LogP contribution in [0.1, 0.15) is 12.8 Å². The molecule has 0 radical (unpaired) electrons. The van der Waals surface area contributed by atoms with Crippen molar-refractivity contribution in [2.24, 2.45) is 11.7 Å². The average Bonchev–Trinajstić information content (AvgIpc) is 2.57. The number of nitrogens with two attached hydrogens (primary N) is 1. The van der Waals surface area contributed by atoms with Gasteiger partial charge < -0.3 is 15.2 Å². The number of hydrogen-bond acceptors (Lipinski definition) is 3. The van der Waals surface area contributed by atoms with Gasteiger partial charge in [0.15, 0.2) is 5.43 Å². The third kappa shape index (κ3) is 3.36. The molecule has 2 aromatic rings. The summed E-state index contributed by atoms with van der Waals surface area (Å²) in [6.07, 6.45) is 2.86. The van der Waals surface area contributed by atoms with Crippen LogP contribution in [-0.2, 0) is 16.1 Å². The summed E-state index contributed by atoms with van der Waals surface area (Å²) in [6.45, 7) is 1.23. The highest BCUT2D eigenvalue weighted by atomic mass is 79.9. The summed E-state index contributed by atoms with van der Waals surface area (Å²) in [5, 5.41) is 0.584. The third-order valence-corrected chi connectivity index (χ3v) is 4.99. The molecule has 1 fully saturated rings. The Morgan fingerprint density at radius 3 is 2.58 bits per heavy atom. The van der Waals surface area contributed by atoms with E-state index in [-0.39, 0.29) is 29.7 Å². The van der Waals surface area contributed by atoms with E-state index in [1.165, 1.54) is 6.07 Å². The van der Waals surface area contributed by atoms with Crippen molar-refractivity contribution >= 4 is 38.6 Å². The van der Waals surface area contributed by atoms with E-state index in [1.54, 1.807) is 21.7 Å². The van der Waals surface area contributed by atoms with Crippen LogP contribution in [0.2, 0.25) is 0 Å². The maximum atomic E-state index is 12.6. The lowest BCUT2D eigenvalue weighted by Gasteiger charge is -2.31. The van der Waals surface area contributed by atoms with Gasteiger partial charge in [0.1, 0.15) is 6.54 Å². The number of primary amides is 1. The second-order valence-corrected chi connectivity index (χ2v) is 6.94. The lowest BCUT2D eigenvalue weighted by molar-refractivity contribution is -0.135.